The molecule has 1 aromatic carbocycles. The van der Waals surface area contributed by atoms with E-state index in [1.807, 2.05) is 29.9 Å². The molecular formula is C26H26F3N5O3. The summed E-state index contributed by atoms with van der Waals surface area (Å²) in [5.41, 5.74) is 3.94. The number of rotatable bonds is 8. The molecule has 0 radical (unpaired) electrons. The lowest BCUT2D eigenvalue weighted by Gasteiger charge is -2.22. The second-order valence-electron chi connectivity index (χ2n) is 9.38. The van der Waals surface area contributed by atoms with E-state index in [-0.39, 0.29) is 23.1 Å². The van der Waals surface area contributed by atoms with Crippen LogP contribution in [0.15, 0.2) is 53.2 Å². The lowest BCUT2D eigenvalue weighted by molar-refractivity contribution is -0.274. The molecule has 3 aromatic heterocycles. The molecular weight excluding hydrogens is 487 g/mol. The Morgan fingerprint density at radius 3 is 2.68 bits per heavy atom. The van der Waals surface area contributed by atoms with Crippen molar-refractivity contribution >= 4 is 0 Å². The van der Waals surface area contributed by atoms with Crippen molar-refractivity contribution in [2.45, 2.75) is 58.0 Å². The monoisotopic (exact) mass is 513 g/mol. The largest absolute Gasteiger partial charge is 0.573 e. The zero-order chi connectivity index (χ0) is 26.0. The minimum absolute atomic E-state index is 0.0625. The minimum atomic E-state index is -4.75. The Morgan fingerprint density at radius 2 is 1.95 bits per heavy atom. The number of aryl methyl sites for hydroxylation is 2. The third kappa shape index (κ3) is 6.16. The van der Waals surface area contributed by atoms with Gasteiger partial charge in [0.2, 0.25) is 5.82 Å². The second kappa shape index (κ2) is 9.97. The molecule has 1 unspecified atom stereocenters. The Hall–Kier alpha value is -3.73. The fourth-order valence-corrected chi connectivity index (χ4v) is 4.39. The molecule has 1 saturated heterocycles. The Morgan fingerprint density at radius 1 is 1.14 bits per heavy atom. The summed E-state index contributed by atoms with van der Waals surface area (Å²) in [6.45, 7) is 5.48. The van der Waals surface area contributed by atoms with Gasteiger partial charge in [0.1, 0.15) is 5.75 Å². The predicted octanol–water partition coefficient (Wildman–Crippen LogP) is 5.75. The highest BCUT2D eigenvalue weighted by atomic mass is 19.4. The number of aromatic nitrogens is 5. The van der Waals surface area contributed by atoms with E-state index in [1.165, 1.54) is 24.3 Å². The number of halogens is 3. The number of hydrogen-bond acceptors (Lipinski definition) is 7. The number of pyridine rings is 1. The molecule has 0 spiro atoms. The van der Waals surface area contributed by atoms with E-state index >= 15 is 0 Å². The summed E-state index contributed by atoms with van der Waals surface area (Å²) in [7, 11) is 0. The van der Waals surface area contributed by atoms with Gasteiger partial charge in [0.25, 0.3) is 5.89 Å². The van der Waals surface area contributed by atoms with Crippen LogP contribution in [0.5, 0.6) is 5.75 Å². The van der Waals surface area contributed by atoms with Crippen molar-refractivity contribution in [3.05, 3.63) is 65.6 Å². The van der Waals surface area contributed by atoms with Gasteiger partial charge in [0, 0.05) is 29.8 Å². The van der Waals surface area contributed by atoms with Gasteiger partial charge in [0.15, 0.2) is 5.69 Å². The normalized spacial score (nSPS) is 17.9. The maximum atomic E-state index is 12.4. The molecule has 0 bridgehead atoms. The first-order valence-electron chi connectivity index (χ1n) is 12.0. The molecule has 11 heteroatoms. The SMILES string of the molecule is Cc1cc(-c2nc(-c3ccc(OC(F)(F)F)cc3)no2)nn1Cc1ccnc(CCC2(C)CCCO2)c1. The van der Waals surface area contributed by atoms with Crippen LogP contribution in [0.25, 0.3) is 23.0 Å². The lowest BCUT2D eigenvalue weighted by atomic mass is 9.95. The summed E-state index contributed by atoms with van der Waals surface area (Å²) < 4.78 is 54.1. The molecule has 0 N–H and O–H groups in total. The number of hydrogen-bond donors (Lipinski definition) is 0. The maximum absolute atomic E-state index is 12.4. The van der Waals surface area contributed by atoms with Crippen LogP contribution in [-0.2, 0) is 17.7 Å². The van der Waals surface area contributed by atoms with Gasteiger partial charge in [-0.2, -0.15) is 10.1 Å². The topological polar surface area (TPSA) is 88.1 Å². The Balaban J connectivity index is 1.26. The standard InChI is InChI=1S/C26H26F3N5O3/c1-17-14-22(24-31-23(33-37-24)19-4-6-21(7-5-19)36-26(27,28)29)32-34(17)16-18-9-12-30-20(15-18)8-11-25(2)10-3-13-35-25/h4-7,9,12,14-15H,3,8,10-11,13,16H2,1-2H3. The van der Waals surface area contributed by atoms with Crippen LogP contribution in [-0.4, -0.2) is 43.5 Å². The van der Waals surface area contributed by atoms with Crippen LogP contribution < -0.4 is 4.74 Å². The van der Waals surface area contributed by atoms with Crippen molar-refractivity contribution in [3.8, 4) is 28.7 Å². The molecule has 5 rings (SSSR count). The van der Waals surface area contributed by atoms with Gasteiger partial charge >= 0.3 is 6.36 Å². The Bertz CT molecular complexity index is 1360. The summed E-state index contributed by atoms with van der Waals surface area (Å²) in [4.78, 5) is 8.88. The van der Waals surface area contributed by atoms with Gasteiger partial charge in [-0.25, -0.2) is 0 Å². The summed E-state index contributed by atoms with van der Waals surface area (Å²) in [5, 5.41) is 8.56. The van der Waals surface area contributed by atoms with Crippen LogP contribution in [0.1, 0.15) is 43.1 Å². The second-order valence-corrected chi connectivity index (χ2v) is 9.38. The highest BCUT2D eigenvalue weighted by Gasteiger charge is 2.31. The van der Waals surface area contributed by atoms with Gasteiger partial charge in [-0.05, 0) is 87.6 Å². The summed E-state index contributed by atoms with van der Waals surface area (Å²) in [6.07, 6.45) is 1.04. The van der Waals surface area contributed by atoms with E-state index < -0.39 is 6.36 Å². The molecule has 0 saturated carbocycles. The fourth-order valence-electron chi connectivity index (χ4n) is 4.39. The van der Waals surface area contributed by atoms with Crippen molar-refractivity contribution in [2.24, 2.45) is 0 Å². The summed E-state index contributed by atoms with van der Waals surface area (Å²) in [6, 6.07) is 11.2. The van der Waals surface area contributed by atoms with E-state index in [0.29, 0.717) is 17.8 Å². The van der Waals surface area contributed by atoms with Crippen LogP contribution in [0.4, 0.5) is 13.2 Å². The number of alkyl halides is 3. The van der Waals surface area contributed by atoms with Gasteiger partial charge in [-0.3, -0.25) is 9.67 Å². The molecule has 8 nitrogen and oxygen atoms in total. The molecule has 1 aliphatic rings. The van der Waals surface area contributed by atoms with Crippen molar-refractivity contribution in [1.29, 1.82) is 0 Å². The van der Waals surface area contributed by atoms with E-state index in [0.717, 1.165) is 49.2 Å². The molecule has 194 valence electrons. The predicted molar refractivity (Wildman–Crippen MR) is 128 cm³/mol. The van der Waals surface area contributed by atoms with Crippen LogP contribution in [0.2, 0.25) is 0 Å². The zero-order valence-corrected chi connectivity index (χ0v) is 20.5. The molecule has 0 amide bonds. The number of benzene rings is 1. The van der Waals surface area contributed by atoms with E-state index in [1.54, 1.807) is 0 Å². The number of nitrogens with zero attached hydrogens (tertiary/aromatic N) is 5. The smallest absolute Gasteiger partial charge is 0.406 e. The van der Waals surface area contributed by atoms with Crippen LogP contribution in [0, 0.1) is 6.92 Å². The molecule has 4 aromatic rings. The molecule has 1 atom stereocenters. The quantitative estimate of drug-likeness (QED) is 0.296. The molecule has 1 fully saturated rings. The molecule has 37 heavy (non-hydrogen) atoms. The van der Waals surface area contributed by atoms with Gasteiger partial charge in [0.05, 0.1) is 12.1 Å². The molecule has 0 aliphatic carbocycles. The lowest BCUT2D eigenvalue weighted by Crippen LogP contribution is -2.23. The van der Waals surface area contributed by atoms with Gasteiger partial charge < -0.3 is 14.0 Å². The first-order valence-corrected chi connectivity index (χ1v) is 12.0. The highest BCUT2D eigenvalue weighted by molar-refractivity contribution is 5.58. The zero-order valence-electron chi connectivity index (χ0n) is 20.5. The first-order chi connectivity index (χ1) is 17.7. The Kier molecular flexibility index (Phi) is 6.72. The third-order valence-electron chi connectivity index (χ3n) is 6.40. The molecule has 1 aliphatic heterocycles. The fraction of sp³-hybridized carbons (Fsp3) is 0.385. The summed E-state index contributed by atoms with van der Waals surface area (Å²) >= 11 is 0. The van der Waals surface area contributed by atoms with E-state index in [2.05, 4.69) is 38.0 Å². The minimum Gasteiger partial charge on any atom is -0.406 e. The first kappa shape index (κ1) is 24.9. The van der Waals surface area contributed by atoms with Gasteiger partial charge in [-0.15, -0.1) is 13.2 Å². The van der Waals surface area contributed by atoms with Crippen LogP contribution in [0.3, 0.4) is 0 Å². The van der Waals surface area contributed by atoms with Gasteiger partial charge in [-0.1, -0.05) is 5.16 Å². The average Bonchev–Trinajstić information content (AvgIpc) is 3.59. The van der Waals surface area contributed by atoms with Crippen molar-refractivity contribution in [1.82, 2.24) is 24.9 Å². The van der Waals surface area contributed by atoms with Crippen molar-refractivity contribution in [2.75, 3.05) is 6.61 Å². The Labute approximate surface area is 211 Å². The molecule has 4 heterocycles. The van der Waals surface area contributed by atoms with E-state index in [4.69, 9.17) is 9.26 Å². The highest BCUT2D eigenvalue weighted by Crippen LogP contribution is 2.30. The summed E-state index contributed by atoms with van der Waals surface area (Å²) in [5.74, 6) is 0.127. The van der Waals surface area contributed by atoms with Crippen molar-refractivity contribution < 1.29 is 27.2 Å². The van der Waals surface area contributed by atoms with Crippen molar-refractivity contribution in [3.63, 3.8) is 0 Å². The van der Waals surface area contributed by atoms with E-state index in [9.17, 15) is 13.2 Å². The average molecular weight is 514 g/mol. The maximum Gasteiger partial charge on any atom is 0.573 e. The van der Waals surface area contributed by atoms with Crippen LogP contribution >= 0.6 is 0 Å². The number of ether oxygens (including phenoxy) is 2. The third-order valence-corrected chi connectivity index (χ3v) is 6.40.